The van der Waals surface area contributed by atoms with Crippen LogP contribution in [-0.2, 0) is 4.79 Å². The van der Waals surface area contributed by atoms with Gasteiger partial charge in [-0.05, 0) is 50.2 Å². The first kappa shape index (κ1) is 22.1. The Labute approximate surface area is 182 Å². The molecule has 3 aromatic rings. The van der Waals surface area contributed by atoms with Crippen LogP contribution in [0, 0.1) is 0 Å². The number of carboxylic acids is 1. The lowest BCUT2D eigenvalue weighted by atomic mass is 9.98. The highest BCUT2D eigenvalue weighted by Gasteiger charge is 2.39. The molecular weight excluding hydrogens is 423 g/mol. The molecular formula is C22H24F3N5O2. The second kappa shape index (κ2) is 8.78. The number of piperidine rings is 1. The molecule has 1 aromatic carbocycles. The zero-order valence-corrected chi connectivity index (χ0v) is 17.4. The standard InChI is InChI=1S/C20H23N5.C2HF3O2/c1-25-16-4-5-17(25)10-15(9-16)24-20-12-22-19(11-23-20)14-3-2-13-6-7-21-18(13)8-14;3-2(4,5)1(6)7/h2-3,6-8,11-12,15-17,21H,4-5,9-10H2,1H3,(H,23,24);(H,6,7). The van der Waals surface area contributed by atoms with Crippen molar-refractivity contribution >= 4 is 22.7 Å². The maximum Gasteiger partial charge on any atom is 0.490 e. The summed E-state index contributed by atoms with van der Waals surface area (Å²) in [6.07, 6.45) is 5.71. The number of aliphatic carboxylic acids is 1. The van der Waals surface area contributed by atoms with Crippen LogP contribution in [0.25, 0.3) is 22.2 Å². The van der Waals surface area contributed by atoms with Gasteiger partial charge in [0.1, 0.15) is 5.82 Å². The second-order valence-corrected chi connectivity index (χ2v) is 8.23. The van der Waals surface area contributed by atoms with Crippen LogP contribution in [0.5, 0.6) is 0 Å². The van der Waals surface area contributed by atoms with Crippen LogP contribution in [0.3, 0.4) is 0 Å². The summed E-state index contributed by atoms with van der Waals surface area (Å²) in [5.41, 5.74) is 3.13. The van der Waals surface area contributed by atoms with E-state index in [0.29, 0.717) is 6.04 Å². The van der Waals surface area contributed by atoms with Gasteiger partial charge in [-0.25, -0.2) is 9.78 Å². The van der Waals surface area contributed by atoms with Crippen molar-refractivity contribution in [2.45, 2.75) is 50.0 Å². The molecule has 32 heavy (non-hydrogen) atoms. The molecule has 2 unspecified atom stereocenters. The number of carboxylic acid groups (broad SMARTS) is 1. The molecule has 10 heteroatoms. The second-order valence-electron chi connectivity index (χ2n) is 8.23. The summed E-state index contributed by atoms with van der Waals surface area (Å²) in [5.74, 6) is -1.87. The molecule has 7 nitrogen and oxygen atoms in total. The number of hydrogen-bond acceptors (Lipinski definition) is 5. The molecule has 0 aliphatic carbocycles. The van der Waals surface area contributed by atoms with E-state index in [9.17, 15) is 13.2 Å². The largest absolute Gasteiger partial charge is 0.490 e. The summed E-state index contributed by atoms with van der Waals surface area (Å²) in [6.45, 7) is 0. The average molecular weight is 447 g/mol. The molecule has 2 aromatic heterocycles. The Morgan fingerprint density at radius 3 is 2.44 bits per heavy atom. The van der Waals surface area contributed by atoms with Crippen molar-refractivity contribution in [3.05, 3.63) is 42.9 Å². The Bertz CT molecular complexity index is 1070. The molecule has 3 N–H and O–H groups in total. The Morgan fingerprint density at radius 1 is 1.16 bits per heavy atom. The van der Waals surface area contributed by atoms with Gasteiger partial charge in [0.2, 0.25) is 0 Å². The first-order chi connectivity index (χ1) is 15.2. The van der Waals surface area contributed by atoms with Crippen LogP contribution in [0.2, 0.25) is 0 Å². The fraction of sp³-hybridized carbons (Fsp3) is 0.409. The molecule has 170 valence electrons. The lowest BCUT2D eigenvalue weighted by Crippen LogP contribution is -2.44. The van der Waals surface area contributed by atoms with Crippen molar-refractivity contribution in [2.75, 3.05) is 12.4 Å². The number of benzene rings is 1. The summed E-state index contributed by atoms with van der Waals surface area (Å²) in [5, 5.41) is 11.9. The molecule has 2 aliphatic rings. The quantitative estimate of drug-likeness (QED) is 0.555. The van der Waals surface area contributed by atoms with E-state index in [4.69, 9.17) is 9.90 Å². The van der Waals surface area contributed by atoms with Gasteiger partial charge < -0.3 is 20.3 Å². The van der Waals surface area contributed by atoms with Crippen molar-refractivity contribution in [3.63, 3.8) is 0 Å². The van der Waals surface area contributed by atoms with Crippen molar-refractivity contribution < 1.29 is 23.1 Å². The number of halogens is 3. The van der Waals surface area contributed by atoms with Gasteiger partial charge in [-0.2, -0.15) is 13.2 Å². The van der Waals surface area contributed by atoms with E-state index in [-0.39, 0.29) is 0 Å². The minimum Gasteiger partial charge on any atom is -0.475 e. The van der Waals surface area contributed by atoms with Crippen LogP contribution in [0.15, 0.2) is 42.9 Å². The highest BCUT2D eigenvalue weighted by atomic mass is 19.4. The van der Waals surface area contributed by atoms with Gasteiger partial charge in [0.25, 0.3) is 0 Å². The Hall–Kier alpha value is -3.14. The zero-order chi connectivity index (χ0) is 22.9. The number of fused-ring (bicyclic) bond motifs is 3. The van der Waals surface area contributed by atoms with Gasteiger partial charge in [-0.15, -0.1) is 0 Å². The number of anilines is 1. The first-order valence-electron chi connectivity index (χ1n) is 10.4. The predicted octanol–water partition coefficient (Wildman–Crippen LogP) is 4.30. The van der Waals surface area contributed by atoms with Crippen molar-refractivity contribution in [1.29, 1.82) is 0 Å². The third-order valence-electron chi connectivity index (χ3n) is 6.20. The molecule has 0 radical (unpaired) electrons. The summed E-state index contributed by atoms with van der Waals surface area (Å²) in [4.78, 5) is 23.9. The smallest absolute Gasteiger partial charge is 0.475 e. The van der Waals surface area contributed by atoms with Crippen LogP contribution < -0.4 is 5.32 Å². The Kier molecular flexibility index (Phi) is 6.05. The number of H-pyrrole nitrogens is 1. The first-order valence-corrected chi connectivity index (χ1v) is 10.4. The number of rotatable bonds is 3. The van der Waals surface area contributed by atoms with E-state index >= 15 is 0 Å². The monoisotopic (exact) mass is 447 g/mol. The average Bonchev–Trinajstić information content (AvgIpc) is 3.28. The fourth-order valence-electron chi connectivity index (χ4n) is 4.50. The third kappa shape index (κ3) is 4.85. The van der Waals surface area contributed by atoms with Crippen LogP contribution in [0.1, 0.15) is 25.7 Å². The number of nitrogens with zero attached hydrogens (tertiary/aromatic N) is 3. The van der Waals surface area contributed by atoms with Gasteiger partial charge in [0.05, 0.1) is 18.1 Å². The van der Waals surface area contributed by atoms with Crippen molar-refractivity contribution in [3.8, 4) is 11.3 Å². The molecule has 0 amide bonds. The molecule has 2 fully saturated rings. The molecule has 0 spiro atoms. The number of nitrogens with one attached hydrogen (secondary N) is 2. The van der Waals surface area contributed by atoms with E-state index in [1.807, 2.05) is 18.6 Å². The number of aromatic nitrogens is 3. The van der Waals surface area contributed by atoms with E-state index in [2.05, 4.69) is 56.5 Å². The molecule has 5 rings (SSSR count). The van der Waals surface area contributed by atoms with E-state index in [0.717, 1.165) is 34.7 Å². The summed E-state index contributed by atoms with van der Waals surface area (Å²) in [7, 11) is 2.27. The Balaban J connectivity index is 0.000000307. The molecule has 2 atom stereocenters. The minimum atomic E-state index is -5.08. The molecule has 2 saturated heterocycles. The van der Waals surface area contributed by atoms with Crippen LogP contribution in [-0.4, -0.2) is 62.3 Å². The van der Waals surface area contributed by atoms with E-state index in [1.165, 1.54) is 31.1 Å². The predicted molar refractivity (Wildman–Crippen MR) is 114 cm³/mol. The Morgan fingerprint density at radius 2 is 1.84 bits per heavy atom. The van der Waals surface area contributed by atoms with Crippen LogP contribution >= 0.6 is 0 Å². The zero-order valence-electron chi connectivity index (χ0n) is 17.4. The van der Waals surface area contributed by atoms with Crippen molar-refractivity contribution in [1.82, 2.24) is 19.9 Å². The minimum absolute atomic E-state index is 0.518. The van der Waals surface area contributed by atoms with Gasteiger partial charge in [-0.3, -0.25) is 4.98 Å². The van der Waals surface area contributed by atoms with Crippen molar-refractivity contribution in [2.24, 2.45) is 0 Å². The maximum atomic E-state index is 10.6. The fourth-order valence-corrected chi connectivity index (χ4v) is 4.50. The molecule has 4 heterocycles. The summed E-state index contributed by atoms with van der Waals surface area (Å²) >= 11 is 0. The summed E-state index contributed by atoms with van der Waals surface area (Å²) in [6, 6.07) is 10.4. The molecule has 2 aliphatic heterocycles. The lowest BCUT2D eigenvalue weighted by molar-refractivity contribution is -0.192. The molecule has 2 bridgehead atoms. The highest BCUT2D eigenvalue weighted by Crippen LogP contribution is 2.35. The topological polar surface area (TPSA) is 94.1 Å². The SMILES string of the molecule is CN1C2CCC1CC(Nc1cnc(-c3ccc4cc[nH]c4c3)cn1)C2.O=C(O)C(F)(F)F. The number of hydrogen-bond donors (Lipinski definition) is 3. The number of carbonyl (C=O) groups is 1. The van der Waals surface area contributed by atoms with Gasteiger partial charge in [0.15, 0.2) is 0 Å². The van der Waals surface area contributed by atoms with E-state index < -0.39 is 12.1 Å². The highest BCUT2D eigenvalue weighted by molar-refractivity contribution is 5.84. The van der Waals surface area contributed by atoms with Gasteiger partial charge in [-0.1, -0.05) is 12.1 Å². The normalized spacial score (nSPS) is 22.9. The maximum absolute atomic E-state index is 10.6. The third-order valence-corrected chi connectivity index (χ3v) is 6.20. The van der Waals surface area contributed by atoms with E-state index in [1.54, 1.807) is 0 Å². The van der Waals surface area contributed by atoms with Gasteiger partial charge in [0, 0.05) is 35.4 Å². The lowest BCUT2D eigenvalue weighted by Gasteiger charge is -2.36. The molecule has 0 saturated carbocycles. The van der Waals surface area contributed by atoms with Gasteiger partial charge >= 0.3 is 12.1 Å². The number of alkyl halides is 3. The summed E-state index contributed by atoms with van der Waals surface area (Å²) < 4.78 is 31.7. The number of aromatic amines is 1. The van der Waals surface area contributed by atoms with Crippen LogP contribution in [0.4, 0.5) is 19.0 Å².